The van der Waals surface area contributed by atoms with Gasteiger partial charge in [0.2, 0.25) is 0 Å². The Morgan fingerprint density at radius 1 is 1.53 bits per heavy atom. The molecule has 1 aromatic rings. The average Bonchev–Trinajstić information content (AvgIpc) is 3.05. The Balaban J connectivity index is 1.88. The fourth-order valence-electron chi connectivity index (χ4n) is 2.35. The molecule has 1 aromatic heterocycles. The summed E-state index contributed by atoms with van der Waals surface area (Å²) in [7, 11) is 1.44. The van der Waals surface area contributed by atoms with E-state index in [9.17, 15) is 4.79 Å². The number of rotatable bonds is 6. The Hall–Kier alpha value is -1.50. The Kier molecular flexibility index (Phi) is 4.84. The number of carbonyl (C=O) groups is 1. The van der Waals surface area contributed by atoms with Gasteiger partial charge in [-0.05, 0) is 29.8 Å². The van der Waals surface area contributed by atoms with Crippen molar-refractivity contribution in [2.24, 2.45) is 5.92 Å². The van der Waals surface area contributed by atoms with E-state index in [1.54, 1.807) is 0 Å². The SMILES string of the molecule is CCCCn1nnnc1CN1CCC(C(=O)OC)C1. The number of methoxy groups -OCH3 is 1. The van der Waals surface area contributed by atoms with Gasteiger partial charge in [-0.3, -0.25) is 9.69 Å². The van der Waals surface area contributed by atoms with Crippen molar-refractivity contribution in [2.45, 2.75) is 39.3 Å². The highest BCUT2D eigenvalue weighted by Gasteiger charge is 2.29. The van der Waals surface area contributed by atoms with Gasteiger partial charge in [-0.15, -0.1) is 5.10 Å². The molecule has 19 heavy (non-hydrogen) atoms. The largest absolute Gasteiger partial charge is 0.469 e. The van der Waals surface area contributed by atoms with Crippen LogP contribution in [0.15, 0.2) is 0 Å². The first-order valence-corrected chi connectivity index (χ1v) is 6.79. The smallest absolute Gasteiger partial charge is 0.310 e. The lowest BCUT2D eigenvalue weighted by atomic mass is 10.1. The Morgan fingerprint density at radius 3 is 3.11 bits per heavy atom. The molecule has 0 spiro atoms. The number of nitrogens with zero attached hydrogens (tertiary/aromatic N) is 5. The zero-order valence-electron chi connectivity index (χ0n) is 11.6. The number of hydrogen-bond donors (Lipinski definition) is 0. The molecule has 1 aliphatic rings. The first-order valence-electron chi connectivity index (χ1n) is 6.79. The molecule has 1 saturated heterocycles. The lowest BCUT2D eigenvalue weighted by Crippen LogP contribution is -2.25. The van der Waals surface area contributed by atoms with Crippen LogP contribution in [0.1, 0.15) is 32.0 Å². The van der Waals surface area contributed by atoms with Crippen LogP contribution >= 0.6 is 0 Å². The third-order valence-electron chi connectivity index (χ3n) is 3.50. The molecule has 0 N–H and O–H groups in total. The minimum atomic E-state index is -0.118. The van der Waals surface area contributed by atoms with E-state index in [-0.39, 0.29) is 11.9 Å². The van der Waals surface area contributed by atoms with Crippen LogP contribution in [0.4, 0.5) is 0 Å². The summed E-state index contributed by atoms with van der Waals surface area (Å²) in [6.07, 6.45) is 3.04. The van der Waals surface area contributed by atoms with Crippen LogP contribution in [0.2, 0.25) is 0 Å². The number of esters is 1. The monoisotopic (exact) mass is 267 g/mol. The molecule has 1 fully saturated rings. The van der Waals surface area contributed by atoms with Crippen LogP contribution in [0, 0.1) is 5.92 Å². The predicted molar refractivity (Wildman–Crippen MR) is 68.1 cm³/mol. The van der Waals surface area contributed by atoms with Gasteiger partial charge in [-0.2, -0.15) is 0 Å². The molecule has 1 unspecified atom stereocenters. The van der Waals surface area contributed by atoms with Crippen molar-refractivity contribution in [2.75, 3.05) is 20.2 Å². The van der Waals surface area contributed by atoms with Crippen molar-refractivity contribution in [3.63, 3.8) is 0 Å². The molecular weight excluding hydrogens is 246 g/mol. The number of aryl methyl sites for hydroxylation is 1. The molecule has 1 aliphatic heterocycles. The van der Waals surface area contributed by atoms with Gasteiger partial charge >= 0.3 is 5.97 Å². The summed E-state index contributed by atoms with van der Waals surface area (Å²) in [6.45, 7) is 5.32. The molecule has 1 atom stereocenters. The first-order chi connectivity index (χ1) is 9.24. The number of unbranched alkanes of at least 4 members (excludes halogenated alkanes) is 1. The molecule has 0 aliphatic carbocycles. The van der Waals surface area contributed by atoms with E-state index in [2.05, 4.69) is 27.3 Å². The molecule has 2 heterocycles. The van der Waals surface area contributed by atoms with Crippen molar-refractivity contribution < 1.29 is 9.53 Å². The summed E-state index contributed by atoms with van der Waals surface area (Å²) in [5, 5.41) is 11.8. The maximum absolute atomic E-state index is 11.5. The fourth-order valence-corrected chi connectivity index (χ4v) is 2.35. The van der Waals surface area contributed by atoms with E-state index in [0.29, 0.717) is 6.54 Å². The van der Waals surface area contributed by atoms with Crippen LogP contribution in [0.5, 0.6) is 0 Å². The maximum Gasteiger partial charge on any atom is 0.310 e. The molecular formula is C12H21N5O2. The molecule has 0 saturated carbocycles. The zero-order chi connectivity index (χ0) is 13.7. The van der Waals surface area contributed by atoms with Gasteiger partial charge in [0, 0.05) is 13.1 Å². The van der Waals surface area contributed by atoms with Gasteiger partial charge in [0.25, 0.3) is 0 Å². The Morgan fingerprint density at radius 2 is 2.37 bits per heavy atom. The molecule has 0 radical (unpaired) electrons. The van der Waals surface area contributed by atoms with Gasteiger partial charge < -0.3 is 4.74 Å². The highest BCUT2D eigenvalue weighted by atomic mass is 16.5. The van der Waals surface area contributed by atoms with E-state index in [0.717, 1.165) is 44.7 Å². The Bertz CT molecular complexity index is 420. The van der Waals surface area contributed by atoms with Crippen LogP contribution < -0.4 is 0 Å². The summed E-state index contributed by atoms with van der Waals surface area (Å²) < 4.78 is 6.64. The number of hydrogen-bond acceptors (Lipinski definition) is 6. The first kappa shape index (κ1) is 13.9. The van der Waals surface area contributed by atoms with Crippen LogP contribution in [-0.4, -0.2) is 51.3 Å². The zero-order valence-corrected chi connectivity index (χ0v) is 11.6. The minimum absolute atomic E-state index is 0.00928. The highest BCUT2D eigenvalue weighted by Crippen LogP contribution is 2.19. The van der Waals surface area contributed by atoms with E-state index >= 15 is 0 Å². The van der Waals surface area contributed by atoms with E-state index in [1.165, 1.54) is 7.11 Å². The second-order valence-corrected chi connectivity index (χ2v) is 4.92. The quantitative estimate of drug-likeness (QED) is 0.698. The van der Waals surface area contributed by atoms with Crippen LogP contribution in [0.25, 0.3) is 0 Å². The summed E-state index contributed by atoms with van der Waals surface area (Å²) in [6, 6.07) is 0. The van der Waals surface area contributed by atoms with E-state index in [4.69, 9.17) is 4.74 Å². The minimum Gasteiger partial charge on any atom is -0.469 e. The summed E-state index contributed by atoms with van der Waals surface area (Å²) in [5.41, 5.74) is 0. The second kappa shape index (κ2) is 6.60. The van der Waals surface area contributed by atoms with Gasteiger partial charge in [0.05, 0.1) is 19.6 Å². The second-order valence-electron chi connectivity index (χ2n) is 4.92. The molecule has 7 heteroatoms. The standard InChI is InChI=1S/C12H21N5O2/c1-3-4-6-17-11(13-14-15-17)9-16-7-5-10(8-16)12(18)19-2/h10H,3-9H2,1-2H3. The predicted octanol–water partition coefficient (Wildman–Crippen LogP) is 0.468. The van der Waals surface area contributed by atoms with Crippen molar-refractivity contribution in [3.8, 4) is 0 Å². The molecule has 0 bridgehead atoms. The van der Waals surface area contributed by atoms with Crippen molar-refractivity contribution in [1.82, 2.24) is 25.1 Å². The number of likely N-dealkylation sites (tertiary alicyclic amines) is 1. The molecule has 2 rings (SSSR count). The summed E-state index contributed by atoms with van der Waals surface area (Å²) in [5.74, 6) is 0.747. The van der Waals surface area contributed by atoms with Crippen molar-refractivity contribution in [1.29, 1.82) is 0 Å². The molecule has 106 valence electrons. The maximum atomic E-state index is 11.5. The molecule has 0 amide bonds. The third kappa shape index (κ3) is 3.50. The van der Waals surface area contributed by atoms with Crippen LogP contribution in [-0.2, 0) is 22.6 Å². The number of aromatic nitrogens is 4. The van der Waals surface area contributed by atoms with Crippen LogP contribution in [0.3, 0.4) is 0 Å². The van der Waals surface area contributed by atoms with Gasteiger partial charge in [-0.25, -0.2) is 4.68 Å². The summed E-state index contributed by atoms with van der Waals surface area (Å²) in [4.78, 5) is 13.7. The average molecular weight is 267 g/mol. The van der Waals surface area contributed by atoms with Gasteiger partial charge in [-0.1, -0.05) is 13.3 Å². The number of ether oxygens (including phenoxy) is 1. The Labute approximate surface area is 112 Å². The number of carbonyl (C=O) groups excluding carboxylic acids is 1. The number of tetrazole rings is 1. The van der Waals surface area contributed by atoms with Gasteiger partial charge in [0.1, 0.15) is 0 Å². The summed E-state index contributed by atoms with van der Waals surface area (Å²) >= 11 is 0. The van der Waals surface area contributed by atoms with E-state index < -0.39 is 0 Å². The lowest BCUT2D eigenvalue weighted by molar-refractivity contribution is -0.144. The molecule has 7 nitrogen and oxygen atoms in total. The lowest BCUT2D eigenvalue weighted by Gasteiger charge is -2.14. The normalized spacial score (nSPS) is 19.8. The fraction of sp³-hybridized carbons (Fsp3) is 0.833. The highest BCUT2D eigenvalue weighted by molar-refractivity contribution is 5.72. The van der Waals surface area contributed by atoms with Gasteiger partial charge in [0.15, 0.2) is 5.82 Å². The molecule has 0 aromatic carbocycles. The van der Waals surface area contributed by atoms with Crippen molar-refractivity contribution >= 4 is 5.97 Å². The topological polar surface area (TPSA) is 73.1 Å². The van der Waals surface area contributed by atoms with Crippen molar-refractivity contribution in [3.05, 3.63) is 5.82 Å². The van der Waals surface area contributed by atoms with E-state index in [1.807, 2.05) is 4.68 Å². The third-order valence-corrected chi connectivity index (χ3v) is 3.50.